The van der Waals surface area contributed by atoms with Crippen LogP contribution in [0.15, 0.2) is 24.4 Å². The van der Waals surface area contributed by atoms with Crippen LogP contribution in [0.2, 0.25) is 0 Å². The van der Waals surface area contributed by atoms with E-state index >= 15 is 0 Å². The molecule has 1 N–H and O–H groups in total. The molecule has 204 valence electrons. The van der Waals surface area contributed by atoms with E-state index in [9.17, 15) is 19.6 Å². The van der Waals surface area contributed by atoms with E-state index in [0.717, 1.165) is 51.4 Å². The average Bonchev–Trinajstić information content (AvgIpc) is 2.93. The van der Waals surface area contributed by atoms with Gasteiger partial charge in [-0.05, 0) is 26.0 Å². The summed E-state index contributed by atoms with van der Waals surface area (Å²) in [4.78, 5) is 52.9. The summed E-state index contributed by atoms with van der Waals surface area (Å²) < 4.78 is 5.41. The van der Waals surface area contributed by atoms with Crippen LogP contribution < -0.4 is 15.1 Å². The zero-order valence-electron chi connectivity index (χ0n) is 22.2. The maximum atomic E-state index is 13.1. The number of pyridine rings is 2. The second kappa shape index (κ2) is 11.0. The molecular formula is C27H32N8O4. The first-order chi connectivity index (χ1) is 18.8. The van der Waals surface area contributed by atoms with Crippen LogP contribution in [0.5, 0.6) is 0 Å². The first-order valence-corrected chi connectivity index (χ1v) is 13.0. The van der Waals surface area contributed by atoms with Crippen LogP contribution in [-0.4, -0.2) is 98.0 Å². The summed E-state index contributed by atoms with van der Waals surface area (Å²) >= 11 is 0. The Morgan fingerprint density at radius 2 is 2.03 bits per heavy atom. The van der Waals surface area contributed by atoms with Gasteiger partial charge in [0.05, 0.1) is 31.0 Å². The highest BCUT2D eigenvalue weighted by molar-refractivity contribution is 6.00. The highest BCUT2D eigenvalue weighted by atomic mass is 16.5. The molecule has 3 aliphatic heterocycles. The smallest absolute Gasteiger partial charge is 0.328 e. The molecule has 0 radical (unpaired) electrons. The number of nitrogens with one attached hydrogen (secondary N) is 1. The molecule has 5 heterocycles. The third kappa shape index (κ3) is 5.55. The van der Waals surface area contributed by atoms with Crippen molar-refractivity contribution in [2.75, 3.05) is 75.1 Å². The van der Waals surface area contributed by atoms with Crippen LogP contribution in [-0.2, 0) is 16.1 Å². The molecule has 2 aromatic heterocycles. The van der Waals surface area contributed by atoms with E-state index in [-0.39, 0.29) is 29.4 Å². The van der Waals surface area contributed by atoms with E-state index in [1.54, 1.807) is 30.1 Å². The Morgan fingerprint density at radius 3 is 2.67 bits per heavy atom. The van der Waals surface area contributed by atoms with Crippen molar-refractivity contribution < 1.29 is 19.1 Å². The highest BCUT2D eigenvalue weighted by Gasteiger charge is 2.41. The van der Waals surface area contributed by atoms with Gasteiger partial charge < -0.3 is 14.5 Å². The number of amides is 3. The predicted molar refractivity (Wildman–Crippen MR) is 144 cm³/mol. The first-order valence-electron chi connectivity index (χ1n) is 13.0. The highest BCUT2D eigenvalue weighted by Crippen LogP contribution is 2.40. The van der Waals surface area contributed by atoms with Gasteiger partial charge in [0, 0.05) is 63.0 Å². The maximum absolute atomic E-state index is 13.1. The first kappa shape index (κ1) is 26.5. The molecular weight excluding hydrogens is 500 g/mol. The molecule has 1 spiro atoms. The minimum absolute atomic E-state index is 0.00317. The number of hydrogen-bond donors (Lipinski definition) is 1. The summed E-state index contributed by atoms with van der Waals surface area (Å²) in [5.74, 6) is 0.589. The summed E-state index contributed by atoms with van der Waals surface area (Å²) in [6.45, 7) is 5.16. The van der Waals surface area contributed by atoms with E-state index in [1.165, 1.54) is 11.1 Å². The van der Waals surface area contributed by atoms with Crippen LogP contribution in [0.25, 0.3) is 0 Å². The van der Waals surface area contributed by atoms with E-state index in [4.69, 9.17) is 4.74 Å². The van der Waals surface area contributed by atoms with Crippen LogP contribution in [0.4, 0.5) is 22.1 Å². The van der Waals surface area contributed by atoms with Gasteiger partial charge in [-0.25, -0.2) is 14.8 Å². The van der Waals surface area contributed by atoms with Gasteiger partial charge in [-0.1, -0.05) is 6.07 Å². The number of likely N-dealkylation sites (N-methyl/N-ethyl adjacent to an activating group) is 1. The van der Waals surface area contributed by atoms with Gasteiger partial charge in [-0.15, -0.1) is 0 Å². The lowest BCUT2D eigenvalue weighted by atomic mass is 9.76. The Kier molecular flexibility index (Phi) is 7.45. The van der Waals surface area contributed by atoms with E-state index in [2.05, 4.69) is 26.3 Å². The monoisotopic (exact) mass is 532 g/mol. The number of hydrogen-bond acceptors (Lipinski definition) is 9. The van der Waals surface area contributed by atoms with E-state index in [1.807, 2.05) is 11.9 Å². The summed E-state index contributed by atoms with van der Waals surface area (Å²) in [5, 5.41) is 12.4. The molecule has 0 bridgehead atoms. The SMILES string of the molecule is CN1CCN(Cc2ccc(N(C)C(=O)Nc3cc(N4CCC5(CC4)COC5)c(C#N)cn3)nc2C=O)C(=O)C1. The predicted octanol–water partition coefficient (Wildman–Crippen LogP) is 1.72. The Morgan fingerprint density at radius 1 is 1.26 bits per heavy atom. The van der Waals surface area contributed by atoms with Gasteiger partial charge in [0.2, 0.25) is 5.91 Å². The number of piperazine rings is 1. The zero-order valence-corrected chi connectivity index (χ0v) is 22.2. The molecule has 12 nitrogen and oxygen atoms in total. The van der Waals surface area contributed by atoms with E-state index in [0.29, 0.717) is 36.3 Å². The lowest BCUT2D eigenvalue weighted by molar-refractivity contribution is -0.136. The Bertz CT molecular complexity index is 1310. The molecule has 3 fully saturated rings. The number of rotatable bonds is 6. The maximum Gasteiger partial charge on any atom is 0.328 e. The van der Waals surface area contributed by atoms with Crippen molar-refractivity contribution in [1.82, 2.24) is 19.8 Å². The number of nitriles is 1. The molecule has 5 rings (SSSR count). The molecule has 3 saturated heterocycles. The quantitative estimate of drug-likeness (QED) is 0.552. The van der Waals surface area contributed by atoms with Gasteiger partial charge >= 0.3 is 6.03 Å². The molecule has 0 unspecified atom stereocenters. The number of carbonyl (C=O) groups excluding carboxylic acids is 3. The molecule has 0 saturated carbocycles. The second-order valence-electron chi connectivity index (χ2n) is 10.6. The summed E-state index contributed by atoms with van der Waals surface area (Å²) in [6, 6.07) is 6.80. The topological polar surface area (TPSA) is 135 Å². The summed E-state index contributed by atoms with van der Waals surface area (Å²) in [5.41, 5.74) is 2.26. The summed E-state index contributed by atoms with van der Waals surface area (Å²) in [7, 11) is 3.44. The average molecular weight is 533 g/mol. The number of anilines is 3. The number of carbonyl (C=O) groups is 3. The standard InChI is InChI=1S/C27H32N8O4/c1-32-9-10-35(25(37)15-32)14-19-3-4-24(30-21(19)16-36)33(2)26(38)31-23-11-22(20(12-28)13-29-23)34-7-5-27(6-8-34)17-39-18-27/h3-4,11,13,16H,5-10,14-15,17-18H2,1-2H3,(H,29,31,38). The van der Waals surface area contributed by atoms with Crippen molar-refractivity contribution in [3.63, 3.8) is 0 Å². The lowest BCUT2D eigenvalue weighted by Crippen LogP contribution is -2.51. The fourth-order valence-corrected chi connectivity index (χ4v) is 5.17. The number of piperidine rings is 1. The number of aldehydes is 1. The summed E-state index contributed by atoms with van der Waals surface area (Å²) in [6.07, 6.45) is 4.10. The third-order valence-electron chi connectivity index (χ3n) is 7.85. The fraction of sp³-hybridized carbons (Fsp3) is 0.481. The number of nitrogens with zero attached hydrogens (tertiary/aromatic N) is 7. The van der Waals surface area contributed by atoms with E-state index < -0.39 is 6.03 Å². The zero-order chi connectivity index (χ0) is 27.6. The minimum Gasteiger partial charge on any atom is -0.380 e. The van der Waals surface area contributed by atoms with Crippen LogP contribution in [0.3, 0.4) is 0 Å². The van der Waals surface area contributed by atoms with Gasteiger partial charge in [0.1, 0.15) is 23.4 Å². The van der Waals surface area contributed by atoms with Crippen molar-refractivity contribution in [3.8, 4) is 6.07 Å². The third-order valence-corrected chi connectivity index (χ3v) is 7.85. The molecule has 12 heteroatoms. The van der Waals surface area contributed by atoms with Crippen molar-refractivity contribution in [2.24, 2.45) is 5.41 Å². The van der Waals surface area contributed by atoms with Crippen molar-refractivity contribution >= 4 is 35.5 Å². The van der Waals surface area contributed by atoms with Crippen LogP contribution in [0, 0.1) is 16.7 Å². The molecule has 39 heavy (non-hydrogen) atoms. The lowest BCUT2D eigenvalue weighted by Gasteiger charge is -2.48. The van der Waals surface area contributed by atoms with Gasteiger partial charge in [0.25, 0.3) is 0 Å². The van der Waals surface area contributed by atoms with Gasteiger partial charge in [-0.2, -0.15) is 5.26 Å². The Labute approximate surface area is 227 Å². The largest absolute Gasteiger partial charge is 0.380 e. The second-order valence-corrected chi connectivity index (χ2v) is 10.6. The fourth-order valence-electron chi connectivity index (χ4n) is 5.17. The molecule has 0 aliphatic carbocycles. The number of urea groups is 1. The van der Waals surface area contributed by atoms with Crippen molar-refractivity contribution in [1.29, 1.82) is 5.26 Å². The molecule has 0 aromatic carbocycles. The van der Waals surface area contributed by atoms with Crippen molar-refractivity contribution in [2.45, 2.75) is 19.4 Å². The molecule has 0 atom stereocenters. The van der Waals surface area contributed by atoms with Crippen LogP contribution >= 0.6 is 0 Å². The molecule has 3 amide bonds. The molecule has 2 aromatic rings. The number of aromatic nitrogens is 2. The number of ether oxygens (including phenoxy) is 1. The van der Waals surface area contributed by atoms with Gasteiger partial charge in [0.15, 0.2) is 6.29 Å². The minimum atomic E-state index is -0.492. The Balaban J connectivity index is 1.26. The molecule has 3 aliphatic rings. The Hall–Kier alpha value is -4.08. The van der Waals surface area contributed by atoms with Crippen LogP contribution in [0.1, 0.15) is 34.5 Å². The van der Waals surface area contributed by atoms with Gasteiger partial charge in [-0.3, -0.25) is 24.7 Å². The van der Waals surface area contributed by atoms with Crippen molar-refractivity contribution in [3.05, 3.63) is 41.2 Å². The normalized spacial score (nSPS) is 18.8.